The van der Waals surface area contributed by atoms with Crippen LogP contribution >= 0.6 is 11.3 Å². The van der Waals surface area contributed by atoms with E-state index < -0.39 is 5.97 Å². The van der Waals surface area contributed by atoms with Crippen LogP contribution < -0.4 is 10.2 Å². The van der Waals surface area contributed by atoms with Crippen LogP contribution in [0.15, 0.2) is 60.7 Å². The summed E-state index contributed by atoms with van der Waals surface area (Å²) in [4.78, 5) is 31.2. The summed E-state index contributed by atoms with van der Waals surface area (Å²) < 4.78 is 5.22. The molecule has 1 aliphatic heterocycles. The zero-order valence-electron chi connectivity index (χ0n) is 19.2. The molecule has 2 aromatic carbocycles. The van der Waals surface area contributed by atoms with Gasteiger partial charge in [-0.1, -0.05) is 30.3 Å². The van der Waals surface area contributed by atoms with Crippen LogP contribution in [-0.2, 0) is 28.9 Å². The number of esters is 1. The molecule has 176 valence electrons. The fourth-order valence-electron chi connectivity index (χ4n) is 4.59. The van der Waals surface area contributed by atoms with Crippen LogP contribution in [0.2, 0.25) is 0 Å². The monoisotopic (exact) mass is 475 g/mol. The smallest absolute Gasteiger partial charge is 0.348 e. The molecule has 0 atom stereocenters. The van der Waals surface area contributed by atoms with Gasteiger partial charge in [0.05, 0.1) is 0 Å². The Labute approximate surface area is 204 Å². The lowest BCUT2D eigenvalue weighted by Crippen LogP contribution is -2.45. The van der Waals surface area contributed by atoms with E-state index in [-0.39, 0.29) is 12.5 Å². The lowest BCUT2D eigenvalue weighted by Gasteiger charge is -2.36. The van der Waals surface area contributed by atoms with Gasteiger partial charge in [0.1, 0.15) is 4.88 Å². The van der Waals surface area contributed by atoms with E-state index in [4.69, 9.17) is 4.74 Å². The number of carbonyl (C=O) groups is 2. The SMILES string of the molecule is O=C(COC(=O)c1cc2c(s1)CCC2)Nc1ccc(N2CCN(Cc3ccccc3)CC2)cc1. The number of piperazine rings is 1. The fourth-order valence-corrected chi connectivity index (χ4v) is 5.74. The number of hydrogen-bond donors (Lipinski definition) is 1. The molecule has 0 saturated carbocycles. The molecule has 2 aliphatic rings. The Bertz CT molecular complexity index is 1110. The van der Waals surface area contributed by atoms with Gasteiger partial charge in [-0.3, -0.25) is 9.69 Å². The number of aryl methyl sites for hydroxylation is 2. The molecule has 1 aromatic heterocycles. The number of fused-ring (bicyclic) bond motifs is 1. The van der Waals surface area contributed by atoms with Crippen LogP contribution in [0.25, 0.3) is 0 Å². The van der Waals surface area contributed by atoms with Crippen LogP contribution in [0.4, 0.5) is 11.4 Å². The number of ether oxygens (including phenoxy) is 1. The number of carbonyl (C=O) groups excluding carboxylic acids is 2. The van der Waals surface area contributed by atoms with E-state index in [0.717, 1.165) is 57.7 Å². The summed E-state index contributed by atoms with van der Waals surface area (Å²) in [6, 6.07) is 20.3. The van der Waals surface area contributed by atoms with Gasteiger partial charge in [0.25, 0.3) is 5.91 Å². The summed E-state index contributed by atoms with van der Waals surface area (Å²) >= 11 is 1.49. The summed E-state index contributed by atoms with van der Waals surface area (Å²) in [7, 11) is 0. The topological polar surface area (TPSA) is 61.9 Å². The predicted octanol–water partition coefficient (Wildman–Crippen LogP) is 4.35. The largest absolute Gasteiger partial charge is 0.451 e. The molecule has 6 nitrogen and oxygen atoms in total. The van der Waals surface area contributed by atoms with Gasteiger partial charge in [0.15, 0.2) is 6.61 Å². The Morgan fingerprint density at radius 1 is 0.941 bits per heavy atom. The van der Waals surface area contributed by atoms with Gasteiger partial charge in [0, 0.05) is 49.0 Å². The van der Waals surface area contributed by atoms with E-state index in [1.54, 1.807) is 0 Å². The Balaban J connectivity index is 1.06. The molecular weight excluding hydrogens is 446 g/mol. The second-order valence-electron chi connectivity index (χ2n) is 8.83. The van der Waals surface area contributed by atoms with Crippen LogP contribution in [0.5, 0.6) is 0 Å². The van der Waals surface area contributed by atoms with E-state index >= 15 is 0 Å². The normalized spacial score (nSPS) is 15.7. The molecule has 0 unspecified atom stereocenters. The van der Waals surface area contributed by atoms with Gasteiger partial charge < -0.3 is 15.0 Å². The van der Waals surface area contributed by atoms with Gasteiger partial charge in [-0.15, -0.1) is 11.3 Å². The predicted molar refractivity (Wildman–Crippen MR) is 136 cm³/mol. The Morgan fingerprint density at radius 3 is 2.44 bits per heavy atom. The van der Waals surface area contributed by atoms with E-state index in [9.17, 15) is 9.59 Å². The number of hydrogen-bond acceptors (Lipinski definition) is 6. The molecule has 0 radical (unpaired) electrons. The van der Waals surface area contributed by atoms with E-state index in [0.29, 0.717) is 10.6 Å². The minimum absolute atomic E-state index is 0.285. The van der Waals surface area contributed by atoms with Crippen molar-refractivity contribution >= 4 is 34.6 Å². The van der Waals surface area contributed by atoms with Crippen LogP contribution in [0.1, 0.15) is 32.1 Å². The van der Waals surface area contributed by atoms with Crippen molar-refractivity contribution in [3.8, 4) is 0 Å². The summed E-state index contributed by atoms with van der Waals surface area (Å²) in [6.07, 6.45) is 3.22. The highest BCUT2D eigenvalue weighted by molar-refractivity contribution is 7.14. The standard InChI is InChI=1S/C27H29N3O3S/c31-26(19-33-27(32)25-17-21-7-4-8-24(21)34-25)28-22-9-11-23(12-10-22)30-15-13-29(14-16-30)18-20-5-2-1-3-6-20/h1-3,5-6,9-12,17H,4,7-8,13-16,18-19H2,(H,28,31). The Morgan fingerprint density at radius 2 is 1.71 bits per heavy atom. The van der Waals surface area contributed by atoms with Crippen molar-refractivity contribution in [2.45, 2.75) is 25.8 Å². The van der Waals surface area contributed by atoms with Crippen molar-refractivity contribution < 1.29 is 14.3 Å². The van der Waals surface area contributed by atoms with Gasteiger partial charge >= 0.3 is 5.97 Å². The average Bonchev–Trinajstić information content (AvgIpc) is 3.47. The van der Waals surface area contributed by atoms with Gasteiger partial charge in [-0.05, 0) is 60.7 Å². The van der Waals surface area contributed by atoms with Gasteiger partial charge in [0.2, 0.25) is 0 Å². The Hall–Kier alpha value is -3.16. The second kappa shape index (κ2) is 10.4. The van der Waals surface area contributed by atoms with E-state index in [2.05, 4.69) is 45.4 Å². The zero-order chi connectivity index (χ0) is 23.3. The summed E-state index contributed by atoms with van der Waals surface area (Å²) in [5.41, 5.74) is 4.44. The fraction of sp³-hybridized carbons (Fsp3) is 0.333. The molecule has 1 N–H and O–H groups in total. The number of anilines is 2. The summed E-state index contributed by atoms with van der Waals surface area (Å²) in [5, 5.41) is 2.81. The van der Waals surface area contributed by atoms with E-state index in [1.807, 2.05) is 30.3 Å². The molecule has 1 amide bonds. The number of benzene rings is 2. The molecule has 1 fully saturated rings. The molecule has 2 heterocycles. The second-order valence-corrected chi connectivity index (χ2v) is 9.97. The quantitative estimate of drug-likeness (QED) is 0.515. The first-order valence-corrected chi connectivity index (χ1v) is 12.7. The molecular formula is C27H29N3O3S. The summed E-state index contributed by atoms with van der Waals surface area (Å²) in [5.74, 6) is -0.754. The molecule has 5 rings (SSSR count). The maximum absolute atomic E-state index is 12.3. The third-order valence-electron chi connectivity index (χ3n) is 6.42. The van der Waals surface area contributed by atoms with Crippen LogP contribution in [0, 0.1) is 0 Å². The van der Waals surface area contributed by atoms with Crippen molar-refractivity contribution in [2.24, 2.45) is 0 Å². The number of amides is 1. The summed E-state index contributed by atoms with van der Waals surface area (Å²) in [6.45, 7) is 4.69. The lowest BCUT2D eigenvalue weighted by atomic mass is 10.2. The Kier molecular flexibility index (Phi) is 6.92. The van der Waals surface area contributed by atoms with E-state index in [1.165, 1.54) is 27.3 Å². The van der Waals surface area contributed by atoms with Crippen LogP contribution in [-0.4, -0.2) is 49.6 Å². The first kappa shape index (κ1) is 22.6. The molecule has 7 heteroatoms. The third-order valence-corrected chi connectivity index (χ3v) is 7.64. The first-order chi connectivity index (χ1) is 16.6. The number of rotatable bonds is 7. The third kappa shape index (κ3) is 5.48. The highest BCUT2D eigenvalue weighted by atomic mass is 32.1. The minimum atomic E-state index is -0.420. The molecule has 1 aliphatic carbocycles. The van der Waals surface area contributed by atoms with Gasteiger partial charge in [-0.25, -0.2) is 4.79 Å². The van der Waals surface area contributed by atoms with Gasteiger partial charge in [-0.2, -0.15) is 0 Å². The maximum Gasteiger partial charge on any atom is 0.348 e. The number of nitrogens with zero attached hydrogens (tertiary/aromatic N) is 2. The lowest BCUT2D eigenvalue weighted by molar-refractivity contribution is -0.119. The molecule has 34 heavy (non-hydrogen) atoms. The zero-order valence-corrected chi connectivity index (χ0v) is 20.0. The number of nitrogens with one attached hydrogen (secondary N) is 1. The van der Waals surface area contributed by atoms with Crippen molar-refractivity contribution in [3.05, 3.63) is 81.5 Å². The molecule has 3 aromatic rings. The van der Waals surface area contributed by atoms with Crippen molar-refractivity contribution in [2.75, 3.05) is 43.0 Å². The van der Waals surface area contributed by atoms with Crippen molar-refractivity contribution in [1.82, 2.24) is 4.90 Å². The average molecular weight is 476 g/mol. The highest BCUT2D eigenvalue weighted by Crippen LogP contribution is 2.31. The molecule has 0 bridgehead atoms. The minimum Gasteiger partial charge on any atom is -0.451 e. The maximum atomic E-state index is 12.3. The highest BCUT2D eigenvalue weighted by Gasteiger charge is 2.20. The molecule has 1 saturated heterocycles. The van der Waals surface area contributed by atoms with Crippen molar-refractivity contribution in [1.29, 1.82) is 0 Å². The first-order valence-electron chi connectivity index (χ1n) is 11.8. The number of thiophene rings is 1. The van der Waals surface area contributed by atoms with Crippen molar-refractivity contribution in [3.63, 3.8) is 0 Å². The molecule has 0 spiro atoms. The van der Waals surface area contributed by atoms with Crippen LogP contribution in [0.3, 0.4) is 0 Å².